The van der Waals surface area contributed by atoms with Crippen LogP contribution < -0.4 is 4.74 Å². The van der Waals surface area contributed by atoms with Gasteiger partial charge in [0.15, 0.2) is 5.58 Å². The Labute approximate surface area is 269 Å². The summed E-state index contributed by atoms with van der Waals surface area (Å²) in [6.07, 6.45) is 2.85. The van der Waals surface area contributed by atoms with Crippen molar-refractivity contribution in [3.8, 4) is 17.2 Å². The van der Waals surface area contributed by atoms with Crippen molar-refractivity contribution in [1.82, 2.24) is 9.88 Å². The average molecular weight is 621 g/mol. The Balaban J connectivity index is 1.20. The lowest BCUT2D eigenvalue weighted by molar-refractivity contribution is -0.143. The molecule has 46 heavy (non-hydrogen) atoms. The summed E-state index contributed by atoms with van der Waals surface area (Å²) in [5.41, 5.74) is 6.34. The van der Waals surface area contributed by atoms with Crippen LogP contribution in [0.3, 0.4) is 0 Å². The standard InChI is InChI=1S/C38H40N2O6/c1-3-44-36(41)14-8-9-24-40(26-28-15-21-32(22-16-28)38(42)43-2)25-23-30-10-4-6-12-34(30)45-27-29-17-19-31(20-18-29)37-39-33-11-5-7-13-35(33)46-37/h4-7,10-13,15-22H,3,8-9,14,23-27H2,1-2H3. The van der Waals surface area contributed by atoms with Gasteiger partial charge in [-0.15, -0.1) is 0 Å². The summed E-state index contributed by atoms with van der Waals surface area (Å²) >= 11 is 0. The fraction of sp³-hybridized carbons (Fsp3) is 0.289. The molecule has 0 spiro atoms. The summed E-state index contributed by atoms with van der Waals surface area (Å²) < 4.78 is 22.1. The minimum Gasteiger partial charge on any atom is -0.489 e. The van der Waals surface area contributed by atoms with Gasteiger partial charge in [-0.25, -0.2) is 9.78 Å². The second kappa shape index (κ2) is 16.4. The van der Waals surface area contributed by atoms with Gasteiger partial charge >= 0.3 is 11.9 Å². The zero-order valence-electron chi connectivity index (χ0n) is 26.4. The number of esters is 2. The van der Waals surface area contributed by atoms with E-state index in [1.54, 1.807) is 12.1 Å². The Morgan fingerprint density at radius 3 is 2.33 bits per heavy atom. The van der Waals surface area contributed by atoms with Gasteiger partial charge in [0.05, 0.1) is 19.3 Å². The molecule has 8 heteroatoms. The number of nitrogens with zero attached hydrogens (tertiary/aromatic N) is 2. The highest BCUT2D eigenvalue weighted by molar-refractivity contribution is 5.89. The summed E-state index contributed by atoms with van der Waals surface area (Å²) in [6, 6.07) is 31.5. The molecule has 0 unspecified atom stereocenters. The van der Waals surface area contributed by atoms with Crippen LogP contribution in [-0.4, -0.2) is 48.6 Å². The van der Waals surface area contributed by atoms with Gasteiger partial charge in [-0.3, -0.25) is 9.69 Å². The maximum atomic E-state index is 11.9. The number of hydrogen-bond acceptors (Lipinski definition) is 8. The van der Waals surface area contributed by atoms with Gasteiger partial charge in [0.1, 0.15) is 17.9 Å². The highest BCUT2D eigenvalue weighted by atomic mass is 16.5. The lowest BCUT2D eigenvalue weighted by atomic mass is 10.1. The van der Waals surface area contributed by atoms with Crippen molar-refractivity contribution in [3.63, 3.8) is 0 Å². The fourth-order valence-corrected chi connectivity index (χ4v) is 5.26. The Hall–Kier alpha value is -4.95. The summed E-state index contributed by atoms with van der Waals surface area (Å²) in [6.45, 7) is 5.01. The molecule has 8 nitrogen and oxygen atoms in total. The molecule has 0 radical (unpaired) electrons. The predicted molar refractivity (Wildman–Crippen MR) is 177 cm³/mol. The predicted octanol–water partition coefficient (Wildman–Crippen LogP) is 7.64. The molecule has 1 aromatic heterocycles. The molecule has 0 amide bonds. The molecule has 0 bridgehead atoms. The second-order valence-corrected chi connectivity index (χ2v) is 11.1. The van der Waals surface area contributed by atoms with Gasteiger partial charge in [0.2, 0.25) is 5.89 Å². The molecule has 0 N–H and O–H groups in total. The Morgan fingerprint density at radius 2 is 1.57 bits per heavy atom. The fourth-order valence-electron chi connectivity index (χ4n) is 5.26. The Morgan fingerprint density at radius 1 is 0.826 bits per heavy atom. The largest absolute Gasteiger partial charge is 0.489 e. The molecule has 5 rings (SSSR count). The second-order valence-electron chi connectivity index (χ2n) is 11.1. The van der Waals surface area contributed by atoms with Crippen LogP contribution in [0, 0.1) is 0 Å². The van der Waals surface area contributed by atoms with E-state index in [2.05, 4.69) is 16.0 Å². The monoisotopic (exact) mass is 620 g/mol. The van der Waals surface area contributed by atoms with Crippen molar-refractivity contribution in [1.29, 1.82) is 0 Å². The molecule has 0 aliphatic rings. The number of benzene rings is 4. The third-order valence-electron chi connectivity index (χ3n) is 7.75. The number of oxazole rings is 1. The number of unbranched alkanes of at least 4 members (excludes halogenated alkanes) is 1. The molecule has 4 aromatic carbocycles. The summed E-state index contributed by atoms with van der Waals surface area (Å²) in [4.78, 5) is 30.7. The van der Waals surface area contributed by atoms with Crippen LogP contribution in [0.25, 0.3) is 22.6 Å². The number of carbonyl (C=O) groups excluding carboxylic acids is 2. The van der Waals surface area contributed by atoms with Crippen molar-refractivity contribution in [2.24, 2.45) is 0 Å². The molecule has 0 fully saturated rings. The van der Waals surface area contributed by atoms with E-state index in [4.69, 9.17) is 18.6 Å². The molecule has 0 aliphatic carbocycles. The number of fused-ring (bicyclic) bond motifs is 1. The SMILES string of the molecule is CCOC(=O)CCCCN(CCc1ccccc1OCc1ccc(-c2nc3ccccc3o2)cc1)Cc1ccc(C(=O)OC)cc1. The van der Waals surface area contributed by atoms with E-state index in [-0.39, 0.29) is 11.9 Å². The van der Waals surface area contributed by atoms with E-state index in [1.165, 1.54) is 7.11 Å². The number of ether oxygens (including phenoxy) is 3. The lowest BCUT2D eigenvalue weighted by Gasteiger charge is -2.23. The first-order chi connectivity index (χ1) is 22.5. The van der Waals surface area contributed by atoms with Gasteiger partial charge in [-0.2, -0.15) is 0 Å². The first kappa shape index (κ1) is 32.4. The molecule has 238 valence electrons. The highest BCUT2D eigenvalue weighted by Crippen LogP contribution is 2.25. The molecule has 1 heterocycles. The van der Waals surface area contributed by atoms with Crippen LogP contribution >= 0.6 is 0 Å². The van der Waals surface area contributed by atoms with Gasteiger partial charge in [-0.1, -0.05) is 54.6 Å². The third kappa shape index (κ3) is 9.05. The van der Waals surface area contributed by atoms with Gasteiger partial charge < -0.3 is 18.6 Å². The number of hydrogen-bond donors (Lipinski definition) is 0. The van der Waals surface area contributed by atoms with Gasteiger partial charge in [-0.05, 0) is 91.9 Å². The minimum atomic E-state index is -0.349. The van der Waals surface area contributed by atoms with E-state index in [1.807, 2.05) is 85.8 Å². The van der Waals surface area contributed by atoms with Crippen LogP contribution in [-0.2, 0) is 33.8 Å². The van der Waals surface area contributed by atoms with E-state index in [0.717, 1.165) is 78.0 Å². The normalized spacial score (nSPS) is 11.1. The number of aromatic nitrogens is 1. The first-order valence-electron chi connectivity index (χ1n) is 15.7. The van der Waals surface area contributed by atoms with Gasteiger partial charge in [0, 0.05) is 25.1 Å². The Kier molecular flexibility index (Phi) is 11.6. The molecule has 0 atom stereocenters. The van der Waals surface area contributed by atoms with Gasteiger partial charge in [0.25, 0.3) is 0 Å². The zero-order valence-corrected chi connectivity index (χ0v) is 26.4. The molecule has 0 aliphatic heterocycles. The van der Waals surface area contributed by atoms with Crippen molar-refractivity contribution >= 4 is 23.0 Å². The topological polar surface area (TPSA) is 91.1 Å². The summed E-state index contributed by atoms with van der Waals surface area (Å²) in [5, 5.41) is 0. The minimum absolute atomic E-state index is 0.153. The number of rotatable bonds is 16. The maximum Gasteiger partial charge on any atom is 0.337 e. The van der Waals surface area contributed by atoms with Crippen molar-refractivity contribution < 1.29 is 28.2 Å². The lowest BCUT2D eigenvalue weighted by Crippen LogP contribution is -2.27. The van der Waals surface area contributed by atoms with Crippen LogP contribution in [0.15, 0.2) is 101 Å². The summed E-state index contributed by atoms with van der Waals surface area (Å²) in [7, 11) is 1.38. The average Bonchev–Trinajstić information content (AvgIpc) is 3.53. The van der Waals surface area contributed by atoms with Crippen LogP contribution in [0.4, 0.5) is 0 Å². The van der Waals surface area contributed by atoms with Crippen molar-refractivity contribution in [2.45, 2.75) is 45.8 Å². The number of carbonyl (C=O) groups is 2. The zero-order chi connectivity index (χ0) is 32.1. The molecule has 0 saturated carbocycles. The van der Waals surface area contributed by atoms with E-state index >= 15 is 0 Å². The molecule has 5 aromatic rings. The quantitative estimate of drug-likeness (QED) is 0.0821. The third-order valence-corrected chi connectivity index (χ3v) is 7.75. The van der Waals surface area contributed by atoms with Crippen molar-refractivity contribution in [3.05, 3.63) is 119 Å². The van der Waals surface area contributed by atoms with E-state index in [9.17, 15) is 9.59 Å². The Bertz CT molecular complexity index is 1680. The molecule has 0 saturated heterocycles. The van der Waals surface area contributed by atoms with Crippen LogP contribution in [0.1, 0.15) is 53.2 Å². The summed E-state index contributed by atoms with van der Waals surface area (Å²) in [5.74, 6) is 0.955. The maximum absolute atomic E-state index is 11.9. The smallest absolute Gasteiger partial charge is 0.337 e. The number of para-hydroxylation sites is 3. The first-order valence-corrected chi connectivity index (χ1v) is 15.7. The molecular weight excluding hydrogens is 580 g/mol. The van der Waals surface area contributed by atoms with Crippen LogP contribution in [0.2, 0.25) is 0 Å². The highest BCUT2D eigenvalue weighted by Gasteiger charge is 2.13. The molecular formula is C38H40N2O6. The van der Waals surface area contributed by atoms with E-state index in [0.29, 0.717) is 31.1 Å². The van der Waals surface area contributed by atoms with E-state index < -0.39 is 0 Å². The van der Waals surface area contributed by atoms with Crippen molar-refractivity contribution in [2.75, 3.05) is 26.8 Å². The van der Waals surface area contributed by atoms with Crippen LogP contribution in [0.5, 0.6) is 5.75 Å². The number of methoxy groups -OCH3 is 1.